The molecule has 0 spiro atoms. The second-order valence-corrected chi connectivity index (χ2v) is 5.54. The first-order chi connectivity index (χ1) is 10.1. The normalized spacial score (nSPS) is 15.0. The smallest absolute Gasteiger partial charge is 0.333 e. The molecule has 1 fully saturated rings. The van der Waals surface area contributed by atoms with Crippen LogP contribution in [0.2, 0.25) is 0 Å². The molecule has 4 heteroatoms. The lowest BCUT2D eigenvalue weighted by Gasteiger charge is -2.17. The molecule has 1 N–H and O–H groups in total. The molecular formula is C17H21NO3. The predicted molar refractivity (Wildman–Crippen MR) is 80.4 cm³/mol. The van der Waals surface area contributed by atoms with Crippen molar-refractivity contribution in [2.75, 3.05) is 6.61 Å². The molecule has 1 saturated carbocycles. The summed E-state index contributed by atoms with van der Waals surface area (Å²) in [6.07, 6.45) is 3.64. The highest BCUT2D eigenvalue weighted by molar-refractivity contribution is 5.87. The third kappa shape index (κ3) is 4.74. The average molecular weight is 287 g/mol. The van der Waals surface area contributed by atoms with E-state index < -0.39 is 12.0 Å². The standard InChI is InChI=1S/C17H21NO3/c1-12(2)10-11-21-17(20)15(13-6-4-3-5-7-13)18-16(19)14-8-9-14/h3-7,10,14-15H,8-9,11H2,1-2H3,(H,18,19). The molecule has 1 aromatic rings. The Kier molecular flexibility index (Phi) is 5.14. The van der Waals surface area contributed by atoms with Gasteiger partial charge in [-0.15, -0.1) is 0 Å². The third-order valence-electron chi connectivity index (χ3n) is 3.32. The van der Waals surface area contributed by atoms with E-state index in [0.717, 1.165) is 24.0 Å². The van der Waals surface area contributed by atoms with Gasteiger partial charge < -0.3 is 10.1 Å². The highest BCUT2D eigenvalue weighted by Crippen LogP contribution is 2.30. The van der Waals surface area contributed by atoms with Gasteiger partial charge in [-0.3, -0.25) is 4.79 Å². The van der Waals surface area contributed by atoms with Crippen LogP contribution >= 0.6 is 0 Å². The van der Waals surface area contributed by atoms with Crippen molar-refractivity contribution in [2.24, 2.45) is 5.92 Å². The maximum Gasteiger partial charge on any atom is 0.333 e. The number of esters is 1. The molecule has 0 heterocycles. The number of hydrogen-bond donors (Lipinski definition) is 1. The fraction of sp³-hybridized carbons (Fsp3) is 0.412. The van der Waals surface area contributed by atoms with Crippen LogP contribution in [-0.2, 0) is 14.3 Å². The van der Waals surface area contributed by atoms with Crippen LogP contribution in [0.15, 0.2) is 42.0 Å². The molecule has 0 radical (unpaired) electrons. The summed E-state index contributed by atoms with van der Waals surface area (Å²) >= 11 is 0. The number of benzene rings is 1. The Morgan fingerprint density at radius 1 is 1.29 bits per heavy atom. The molecule has 1 aliphatic carbocycles. The number of nitrogens with one attached hydrogen (secondary N) is 1. The van der Waals surface area contributed by atoms with Gasteiger partial charge in [0.05, 0.1) is 0 Å². The predicted octanol–water partition coefficient (Wildman–Crippen LogP) is 2.76. The molecule has 1 aliphatic rings. The summed E-state index contributed by atoms with van der Waals surface area (Å²) in [7, 11) is 0. The van der Waals surface area contributed by atoms with Crippen LogP contribution in [0, 0.1) is 5.92 Å². The van der Waals surface area contributed by atoms with E-state index in [1.54, 1.807) is 0 Å². The van der Waals surface area contributed by atoms with E-state index in [1.807, 2.05) is 50.3 Å². The summed E-state index contributed by atoms with van der Waals surface area (Å²) in [5.74, 6) is -0.433. The molecule has 1 amide bonds. The van der Waals surface area contributed by atoms with E-state index in [-0.39, 0.29) is 18.4 Å². The fourth-order valence-electron chi connectivity index (χ4n) is 1.90. The third-order valence-corrected chi connectivity index (χ3v) is 3.32. The highest BCUT2D eigenvalue weighted by Gasteiger charge is 2.33. The van der Waals surface area contributed by atoms with E-state index >= 15 is 0 Å². The summed E-state index contributed by atoms with van der Waals surface area (Å²) in [4.78, 5) is 24.2. The lowest BCUT2D eigenvalue weighted by Crippen LogP contribution is -2.35. The fourth-order valence-corrected chi connectivity index (χ4v) is 1.90. The van der Waals surface area contributed by atoms with E-state index in [4.69, 9.17) is 4.74 Å². The maximum absolute atomic E-state index is 12.2. The van der Waals surface area contributed by atoms with Gasteiger partial charge in [0.2, 0.25) is 5.91 Å². The number of carbonyl (C=O) groups excluding carboxylic acids is 2. The second kappa shape index (κ2) is 7.07. The van der Waals surface area contributed by atoms with Gasteiger partial charge >= 0.3 is 5.97 Å². The van der Waals surface area contributed by atoms with E-state index in [2.05, 4.69) is 5.32 Å². The Bertz CT molecular complexity index is 528. The quantitative estimate of drug-likeness (QED) is 0.646. The van der Waals surface area contributed by atoms with Crippen LogP contribution in [-0.4, -0.2) is 18.5 Å². The minimum atomic E-state index is -0.732. The SMILES string of the molecule is CC(C)=CCOC(=O)C(NC(=O)C1CC1)c1ccccc1. The van der Waals surface area contributed by atoms with Crippen LogP contribution in [0.25, 0.3) is 0 Å². The first kappa shape index (κ1) is 15.3. The first-order valence-electron chi connectivity index (χ1n) is 7.23. The van der Waals surface area contributed by atoms with Crippen molar-refractivity contribution in [3.8, 4) is 0 Å². The number of ether oxygens (including phenoxy) is 1. The van der Waals surface area contributed by atoms with Crippen molar-refractivity contribution in [3.63, 3.8) is 0 Å². The molecule has 1 atom stereocenters. The van der Waals surface area contributed by atoms with E-state index in [0.29, 0.717) is 0 Å². The van der Waals surface area contributed by atoms with Crippen molar-refractivity contribution in [1.29, 1.82) is 0 Å². The molecule has 21 heavy (non-hydrogen) atoms. The van der Waals surface area contributed by atoms with Crippen LogP contribution in [0.5, 0.6) is 0 Å². The van der Waals surface area contributed by atoms with Crippen molar-refractivity contribution in [1.82, 2.24) is 5.32 Å². The van der Waals surface area contributed by atoms with Gasteiger partial charge in [-0.1, -0.05) is 35.9 Å². The highest BCUT2D eigenvalue weighted by atomic mass is 16.5. The molecular weight excluding hydrogens is 266 g/mol. The summed E-state index contributed by atoms with van der Waals surface area (Å²) in [6, 6.07) is 8.46. The molecule has 1 aromatic carbocycles. The molecule has 0 saturated heterocycles. The molecule has 2 rings (SSSR count). The minimum absolute atomic E-state index is 0.0572. The van der Waals surface area contributed by atoms with Crippen LogP contribution in [0.4, 0.5) is 0 Å². The lowest BCUT2D eigenvalue weighted by molar-refractivity contribution is -0.147. The molecule has 0 bridgehead atoms. The van der Waals surface area contributed by atoms with E-state index in [9.17, 15) is 9.59 Å². The Labute approximate surface area is 125 Å². The Morgan fingerprint density at radius 2 is 1.95 bits per heavy atom. The van der Waals surface area contributed by atoms with Crippen molar-refractivity contribution in [3.05, 3.63) is 47.5 Å². The molecule has 4 nitrogen and oxygen atoms in total. The number of hydrogen-bond acceptors (Lipinski definition) is 3. The van der Waals surface area contributed by atoms with Crippen LogP contribution < -0.4 is 5.32 Å². The maximum atomic E-state index is 12.2. The van der Waals surface area contributed by atoms with Crippen LogP contribution in [0.1, 0.15) is 38.3 Å². The number of rotatable bonds is 6. The van der Waals surface area contributed by atoms with Gasteiger partial charge in [0, 0.05) is 5.92 Å². The summed E-state index contributed by atoms with van der Waals surface area (Å²) in [5.41, 5.74) is 1.83. The zero-order valence-electron chi connectivity index (χ0n) is 12.5. The first-order valence-corrected chi connectivity index (χ1v) is 7.23. The van der Waals surface area contributed by atoms with E-state index in [1.165, 1.54) is 0 Å². The minimum Gasteiger partial charge on any atom is -0.460 e. The number of amides is 1. The lowest BCUT2D eigenvalue weighted by atomic mass is 10.1. The van der Waals surface area contributed by atoms with Gasteiger partial charge in [0.25, 0.3) is 0 Å². The van der Waals surface area contributed by atoms with Gasteiger partial charge in [-0.2, -0.15) is 0 Å². The number of allylic oxidation sites excluding steroid dienone is 1. The largest absolute Gasteiger partial charge is 0.460 e. The van der Waals surface area contributed by atoms with Gasteiger partial charge in [-0.25, -0.2) is 4.79 Å². The zero-order valence-corrected chi connectivity index (χ0v) is 12.5. The average Bonchev–Trinajstić information content (AvgIpc) is 3.29. The molecule has 0 aromatic heterocycles. The van der Waals surface area contributed by atoms with Crippen molar-refractivity contribution < 1.29 is 14.3 Å². The molecule has 1 unspecified atom stereocenters. The van der Waals surface area contributed by atoms with Crippen molar-refractivity contribution in [2.45, 2.75) is 32.7 Å². The molecule has 112 valence electrons. The van der Waals surface area contributed by atoms with Gasteiger partial charge in [-0.05, 0) is 38.3 Å². The van der Waals surface area contributed by atoms with Gasteiger partial charge in [0.15, 0.2) is 6.04 Å². The Morgan fingerprint density at radius 3 is 2.52 bits per heavy atom. The zero-order chi connectivity index (χ0) is 15.2. The Hall–Kier alpha value is -2.10. The van der Waals surface area contributed by atoms with Gasteiger partial charge in [0.1, 0.15) is 6.61 Å². The van der Waals surface area contributed by atoms with Crippen LogP contribution in [0.3, 0.4) is 0 Å². The summed E-state index contributed by atoms with van der Waals surface area (Å²) in [6.45, 7) is 4.11. The number of carbonyl (C=O) groups is 2. The summed E-state index contributed by atoms with van der Waals surface area (Å²) in [5, 5.41) is 2.80. The molecule has 0 aliphatic heterocycles. The topological polar surface area (TPSA) is 55.4 Å². The second-order valence-electron chi connectivity index (χ2n) is 5.54. The summed E-state index contributed by atoms with van der Waals surface area (Å²) < 4.78 is 5.24. The van der Waals surface area contributed by atoms with Crippen molar-refractivity contribution >= 4 is 11.9 Å². The monoisotopic (exact) mass is 287 g/mol. The Balaban J connectivity index is 2.05.